The number of hydrogen-bond acceptors (Lipinski definition) is 4. The second-order valence-electron chi connectivity index (χ2n) is 5.60. The van der Waals surface area contributed by atoms with Gasteiger partial charge in [0.1, 0.15) is 5.75 Å². The molecule has 20 heavy (non-hydrogen) atoms. The van der Waals surface area contributed by atoms with Crippen LogP contribution < -0.4 is 15.8 Å². The Morgan fingerprint density at radius 3 is 2.45 bits per heavy atom. The third-order valence-electron chi connectivity index (χ3n) is 3.92. The molecule has 1 aromatic carbocycles. The molecule has 4 heteroatoms. The van der Waals surface area contributed by atoms with Crippen LogP contribution in [-0.4, -0.2) is 24.4 Å². The molecule has 0 heterocycles. The SMILES string of the molecule is CCC(CC)(CO)CNc1cccc(OC(C)C)c1N. The van der Waals surface area contributed by atoms with E-state index in [1.807, 2.05) is 32.0 Å². The summed E-state index contributed by atoms with van der Waals surface area (Å²) in [6.45, 7) is 9.03. The fourth-order valence-corrected chi connectivity index (χ4v) is 2.12. The Hall–Kier alpha value is -1.42. The lowest BCUT2D eigenvalue weighted by Crippen LogP contribution is -2.32. The van der Waals surface area contributed by atoms with Gasteiger partial charge in [-0.15, -0.1) is 0 Å². The van der Waals surface area contributed by atoms with Crippen molar-refractivity contribution in [1.82, 2.24) is 0 Å². The van der Waals surface area contributed by atoms with Crippen molar-refractivity contribution in [2.45, 2.75) is 46.6 Å². The largest absolute Gasteiger partial charge is 0.489 e. The number of para-hydroxylation sites is 1. The van der Waals surface area contributed by atoms with Crippen LogP contribution in [0, 0.1) is 5.41 Å². The topological polar surface area (TPSA) is 67.5 Å². The molecule has 0 saturated carbocycles. The summed E-state index contributed by atoms with van der Waals surface area (Å²) in [5.41, 5.74) is 7.53. The summed E-state index contributed by atoms with van der Waals surface area (Å²) in [7, 11) is 0. The number of nitrogens with one attached hydrogen (secondary N) is 1. The van der Waals surface area contributed by atoms with Gasteiger partial charge in [0.25, 0.3) is 0 Å². The second-order valence-corrected chi connectivity index (χ2v) is 5.60. The molecule has 1 rings (SSSR count). The molecule has 0 unspecified atom stereocenters. The number of aliphatic hydroxyl groups is 1. The summed E-state index contributed by atoms with van der Waals surface area (Å²) in [6, 6.07) is 5.74. The molecule has 0 aliphatic rings. The Bertz CT molecular complexity index is 407. The maximum absolute atomic E-state index is 9.60. The van der Waals surface area contributed by atoms with Crippen molar-refractivity contribution >= 4 is 11.4 Å². The molecule has 0 saturated heterocycles. The molecule has 0 atom stereocenters. The highest BCUT2D eigenvalue weighted by atomic mass is 16.5. The highest BCUT2D eigenvalue weighted by molar-refractivity contribution is 5.73. The minimum atomic E-state index is -0.0959. The van der Waals surface area contributed by atoms with Crippen molar-refractivity contribution in [3.05, 3.63) is 18.2 Å². The van der Waals surface area contributed by atoms with Crippen molar-refractivity contribution in [2.75, 3.05) is 24.2 Å². The van der Waals surface area contributed by atoms with Gasteiger partial charge in [0.05, 0.1) is 24.1 Å². The molecule has 0 spiro atoms. The molecule has 0 aliphatic heterocycles. The number of hydrogen-bond donors (Lipinski definition) is 3. The number of rotatable bonds is 8. The Labute approximate surface area is 122 Å². The molecule has 0 fully saturated rings. The first-order chi connectivity index (χ1) is 9.48. The van der Waals surface area contributed by atoms with E-state index in [-0.39, 0.29) is 18.1 Å². The van der Waals surface area contributed by atoms with Gasteiger partial charge in [-0.2, -0.15) is 0 Å². The van der Waals surface area contributed by atoms with E-state index >= 15 is 0 Å². The van der Waals surface area contributed by atoms with Crippen LogP contribution >= 0.6 is 0 Å². The number of nitrogen functional groups attached to an aromatic ring is 1. The third kappa shape index (κ3) is 4.04. The highest BCUT2D eigenvalue weighted by Gasteiger charge is 2.25. The van der Waals surface area contributed by atoms with Gasteiger partial charge in [0, 0.05) is 12.0 Å². The molecular weight excluding hydrogens is 252 g/mol. The van der Waals surface area contributed by atoms with Gasteiger partial charge in [-0.3, -0.25) is 0 Å². The zero-order chi connectivity index (χ0) is 15.2. The predicted molar refractivity (Wildman–Crippen MR) is 85.2 cm³/mol. The number of ether oxygens (including phenoxy) is 1. The van der Waals surface area contributed by atoms with E-state index in [1.54, 1.807) is 0 Å². The number of nitrogens with two attached hydrogens (primary N) is 1. The van der Waals surface area contributed by atoms with Crippen LogP contribution in [0.2, 0.25) is 0 Å². The monoisotopic (exact) mass is 280 g/mol. The van der Waals surface area contributed by atoms with Gasteiger partial charge in [-0.25, -0.2) is 0 Å². The Kier molecular flexibility index (Phi) is 6.14. The molecule has 0 aliphatic carbocycles. The minimum absolute atomic E-state index is 0.0929. The zero-order valence-electron chi connectivity index (χ0n) is 13.1. The molecule has 4 N–H and O–H groups in total. The van der Waals surface area contributed by atoms with Crippen LogP contribution in [0.3, 0.4) is 0 Å². The van der Waals surface area contributed by atoms with E-state index in [1.165, 1.54) is 0 Å². The maximum atomic E-state index is 9.60. The van der Waals surface area contributed by atoms with Crippen molar-refractivity contribution in [3.8, 4) is 5.75 Å². The second kappa shape index (κ2) is 7.39. The standard InChI is InChI=1S/C16H28N2O2/c1-5-16(6-2,11-19)10-18-13-8-7-9-14(15(13)17)20-12(3)4/h7-9,12,18-19H,5-6,10-11,17H2,1-4H3. The molecular formula is C16H28N2O2. The van der Waals surface area contributed by atoms with Crippen molar-refractivity contribution in [3.63, 3.8) is 0 Å². The van der Waals surface area contributed by atoms with E-state index in [9.17, 15) is 5.11 Å². The quantitative estimate of drug-likeness (QED) is 0.639. The first-order valence-corrected chi connectivity index (χ1v) is 7.38. The van der Waals surface area contributed by atoms with Crippen LogP contribution in [0.25, 0.3) is 0 Å². The summed E-state index contributed by atoms with van der Waals surface area (Å²) in [5, 5.41) is 13.0. The summed E-state index contributed by atoms with van der Waals surface area (Å²) >= 11 is 0. The first-order valence-electron chi connectivity index (χ1n) is 7.38. The lowest BCUT2D eigenvalue weighted by Gasteiger charge is -2.30. The predicted octanol–water partition coefficient (Wildman–Crippen LogP) is 3.27. The molecule has 0 amide bonds. The molecule has 0 aromatic heterocycles. The Morgan fingerprint density at radius 2 is 1.95 bits per heavy atom. The summed E-state index contributed by atoms with van der Waals surface area (Å²) < 4.78 is 5.68. The molecule has 0 radical (unpaired) electrons. The Morgan fingerprint density at radius 1 is 1.30 bits per heavy atom. The maximum Gasteiger partial charge on any atom is 0.144 e. The fourth-order valence-electron chi connectivity index (χ4n) is 2.12. The van der Waals surface area contributed by atoms with Crippen molar-refractivity contribution in [2.24, 2.45) is 5.41 Å². The van der Waals surface area contributed by atoms with Crippen molar-refractivity contribution < 1.29 is 9.84 Å². The van der Waals surface area contributed by atoms with Crippen LogP contribution in [0.4, 0.5) is 11.4 Å². The van der Waals surface area contributed by atoms with E-state index in [4.69, 9.17) is 10.5 Å². The van der Waals surface area contributed by atoms with Gasteiger partial charge < -0.3 is 20.9 Å². The lowest BCUT2D eigenvalue weighted by atomic mass is 9.83. The van der Waals surface area contributed by atoms with E-state index in [0.717, 1.165) is 18.5 Å². The minimum Gasteiger partial charge on any atom is -0.489 e. The van der Waals surface area contributed by atoms with E-state index in [2.05, 4.69) is 19.2 Å². The van der Waals surface area contributed by atoms with Crippen LogP contribution in [0.1, 0.15) is 40.5 Å². The fraction of sp³-hybridized carbons (Fsp3) is 0.625. The number of anilines is 2. The molecule has 0 bridgehead atoms. The normalized spacial score (nSPS) is 11.7. The van der Waals surface area contributed by atoms with E-state index in [0.29, 0.717) is 18.0 Å². The van der Waals surface area contributed by atoms with Crippen LogP contribution in [0.15, 0.2) is 18.2 Å². The smallest absolute Gasteiger partial charge is 0.144 e. The average molecular weight is 280 g/mol. The van der Waals surface area contributed by atoms with Crippen LogP contribution in [-0.2, 0) is 0 Å². The van der Waals surface area contributed by atoms with Gasteiger partial charge in [0.2, 0.25) is 0 Å². The summed E-state index contributed by atoms with van der Waals surface area (Å²) in [4.78, 5) is 0. The third-order valence-corrected chi connectivity index (χ3v) is 3.92. The summed E-state index contributed by atoms with van der Waals surface area (Å²) in [6.07, 6.45) is 1.94. The van der Waals surface area contributed by atoms with Crippen LogP contribution in [0.5, 0.6) is 5.75 Å². The molecule has 1 aromatic rings. The Balaban J connectivity index is 2.83. The number of aliphatic hydroxyl groups excluding tert-OH is 1. The lowest BCUT2D eigenvalue weighted by molar-refractivity contribution is 0.127. The van der Waals surface area contributed by atoms with Gasteiger partial charge in [0.15, 0.2) is 0 Å². The van der Waals surface area contributed by atoms with Gasteiger partial charge in [-0.1, -0.05) is 19.9 Å². The molecule has 4 nitrogen and oxygen atoms in total. The average Bonchev–Trinajstić information content (AvgIpc) is 2.44. The molecule has 114 valence electrons. The highest BCUT2D eigenvalue weighted by Crippen LogP contribution is 2.32. The van der Waals surface area contributed by atoms with Crippen molar-refractivity contribution in [1.29, 1.82) is 0 Å². The van der Waals surface area contributed by atoms with E-state index < -0.39 is 0 Å². The van der Waals surface area contributed by atoms with Gasteiger partial charge >= 0.3 is 0 Å². The first kappa shape index (κ1) is 16.6. The summed E-state index contributed by atoms with van der Waals surface area (Å²) in [5.74, 6) is 0.701. The van der Waals surface area contributed by atoms with Gasteiger partial charge in [-0.05, 0) is 38.8 Å². The number of benzene rings is 1. The zero-order valence-corrected chi connectivity index (χ0v) is 13.1.